The fourth-order valence-corrected chi connectivity index (χ4v) is 3.91. The second-order valence-electron chi connectivity index (χ2n) is 4.92. The Labute approximate surface area is 142 Å². The minimum absolute atomic E-state index is 0.0904. The van der Waals surface area contributed by atoms with Crippen LogP contribution < -0.4 is 0 Å². The van der Waals surface area contributed by atoms with Crippen LogP contribution in [0.25, 0.3) is 0 Å². The van der Waals surface area contributed by atoms with Crippen molar-refractivity contribution in [1.29, 1.82) is 0 Å². The van der Waals surface area contributed by atoms with Gasteiger partial charge in [-0.3, -0.25) is 9.36 Å². The summed E-state index contributed by atoms with van der Waals surface area (Å²) in [5, 5.41) is 0. The maximum absolute atomic E-state index is 12.9. The quantitative estimate of drug-likeness (QED) is 0.331. The van der Waals surface area contributed by atoms with Crippen LogP contribution in [0.3, 0.4) is 0 Å². The van der Waals surface area contributed by atoms with Gasteiger partial charge in [0.2, 0.25) is 0 Å². The van der Waals surface area contributed by atoms with E-state index >= 15 is 0 Å². The first-order valence-corrected chi connectivity index (χ1v) is 9.53. The molecule has 0 saturated carbocycles. The van der Waals surface area contributed by atoms with Gasteiger partial charge in [0.1, 0.15) is 6.10 Å². The SMILES string of the molecule is CCOC(=O)C(O[C@@H]1C=C[C@H](OC(C)=O)C1)P(=O)(OCC)OCC. The second-order valence-corrected chi connectivity index (χ2v) is 6.99. The average molecular weight is 364 g/mol. The molecule has 1 rings (SSSR count). The average Bonchev–Trinajstić information content (AvgIpc) is 2.91. The smallest absolute Gasteiger partial charge is 0.370 e. The Kier molecular flexibility index (Phi) is 8.62. The van der Waals surface area contributed by atoms with E-state index in [0.717, 1.165) is 0 Å². The first-order valence-electron chi connectivity index (χ1n) is 7.92. The Hall–Kier alpha value is -1.21. The van der Waals surface area contributed by atoms with E-state index in [0.29, 0.717) is 6.42 Å². The van der Waals surface area contributed by atoms with Crippen LogP contribution >= 0.6 is 7.60 Å². The molecule has 0 aliphatic heterocycles. The fraction of sp³-hybridized carbons (Fsp3) is 0.733. The summed E-state index contributed by atoms with van der Waals surface area (Å²) in [5.41, 5.74) is 0. The highest BCUT2D eigenvalue weighted by molar-refractivity contribution is 7.55. The molecular weight excluding hydrogens is 339 g/mol. The zero-order chi connectivity index (χ0) is 18.2. The number of rotatable bonds is 10. The summed E-state index contributed by atoms with van der Waals surface area (Å²) in [5.74, 6) is -2.73. The monoisotopic (exact) mass is 364 g/mol. The molecule has 24 heavy (non-hydrogen) atoms. The van der Waals surface area contributed by atoms with E-state index in [4.69, 9.17) is 23.3 Å². The normalized spacial score (nSPS) is 21.5. The number of esters is 2. The molecule has 0 saturated heterocycles. The highest BCUT2D eigenvalue weighted by Crippen LogP contribution is 2.54. The van der Waals surface area contributed by atoms with Gasteiger partial charge in [0.25, 0.3) is 5.85 Å². The number of carbonyl (C=O) groups is 2. The van der Waals surface area contributed by atoms with Crippen LogP contribution in [0.5, 0.6) is 0 Å². The summed E-state index contributed by atoms with van der Waals surface area (Å²) < 4.78 is 38.9. The van der Waals surface area contributed by atoms with Crippen molar-refractivity contribution < 1.29 is 37.4 Å². The Morgan fingerprint density at radius 2 is 1.67 bits per heavy atom. The molecule has 0 aromatic carbocycles. The van der Waals surface area contributed by atoms with Gasteiger partial charge >= 0.3 is 19.5 Å². The summed E-state index contributed by atoms with van der Waals surface area (Å²) in [4.78, 5) is 23.2. The second kappa shape index (κ2) is 9.93. The largest absolute Gasteiger partial charge is 0.464 e. The summed E-state index contributed by atoms with van der Waals surface area (Å²) in [6.07, 6.45) is 2.59. The highest BCUT2D eigenvalue weighted by Gasteiger charge is 2.45. The van der Waals surface area contributed by atoms with Gasteiger partial charge in [-0.25, -0.2) is 4.79 Å². The number of carbonyl (C=O) groups excluding carboxylic acids is 2. The van der Waals surface area contributed by atoms with Gasteiger partial charge in [-0.2, -0.15) is 0 Å². The predicted octanol–water partition coefficient (Wildman–Crippen LogP) is 2.42. The number of ether oxygens (including phenoxy) is 3. The molecular formula is C15H25O8P. The van der Waals surface area contributed by atoms with Crippen molar-refractivity contribution in [3.63, 3.8) is 0 Å². The molecule has 0 amide bonds. The van der Waals surface area contributed by atoms with Crippen molar-refractivity contribution in [2.75, 3.05) is 19.8 Å². The molecule has 0 spiro atoms. The Balaban J connectivity index is 2.87. The topological polar surface area (TPSA) is 97.4 Å². The van der Waals surface area contributed by atoms with E-state index in [-0.39, 0.29) is 19.8 Å². The summed E-state index contributed by atoms with van der Waals surface area (Å²) in [6.45, 7) is 6.50. The van der Waals surface area contributed by atoms with Crippen molar-refractivity contribution in [1.82, 2.24) is 0 Å². The highest BCUT2D eigenvalue weighted by atomic mass is 31.2. The molecule has 1 aliphatic carbocycles. The van der Waals surface area contributed by atoms with E-state index in [2.05, 4.69) is 0 Å². The van der Waals surface area contributed by atoms with Gasteiger partial charge < -0.3 is 23.3 Å². The van der Waals surface area contributed by atoms with Gasteiger partial charge in [-0.1, -0.05) is 6.08 Å². The third-order valence-corrected chi connectivity index (χ3v) is 5.16. The van der Waals surface area contributed by atoms with Crippen LogP contribution in [0.15, 0.2) is 12.2 Å². The Morgan fingerprint density at radius 1 is 1.08 bits per heavy atom. The van der Waals surface area contributed by atoms with Gasteiger partial charge in [-0.15, -0.1) is 0 Å². The molecule has 0 fully saturated rings. The molecule has 0 radical (unpaired) electrons. The minimum atomic E-state index is -3.85. The molecule has 3 atom stereocenters. The van der Waals surface area contributed by atoms with E-state index in [1.165, 1.54) is 6.92 Å². The summed E-state index contributed by atoms with van der Waals surface area (Å²) >= 11 is 0. The van der Waals surface area contributed by atoms with E-state index in [9.17, 15) is 14.2 Å². The predicted molar refractivity (Wildman–Crippen MR) is 85.5 cm³/mol. The van der Waals surface area contributed by atoms with Crippen LogP contribution in [-0.2, 0) is 37.4 Å². The Bertz CT molecular complexity index is 494. The molecule has 8 nitrogen and oxygen atoms in total. The third-order valence-electron chi connectivity index (χ3n) is 3.02. The molecule has 0 aromatic rings. The first kappa shape index (κ1) is 20.8. The van der Waals surface area contributed by atoms with E-state index < -0.39 is 37.6 Å². The zero-order valence-corrected chi connectivity index (χ0v) is 15.3. The molecule has 1 unspecified atom stereocenters. The minimum Gasteiger partial charge on any atom is -0.464 e. The van der Waals surface area contributed by atoms with Gasteiger partial charge in [0.15, 0.2) is 0 Å². The Morgan fingerprint density at radius 3 is 2.17 bits per heavy atom. The van der Waals surface area contributed by atoms with Gasteiger partial charge in [-0.05, 0) is 26.8 Å². The lowest BCUT2D eigenvalue weighted by atomic mass is 10.3. The molecule has 0 aromatic heterocycles. The lowest BCUT2D eigenvalue weighted by molar-refractivity contribution is -0.155. The summed E-state index contributed by atoms with van der Waals surface area (Å²) in [6, 6.07) is 0. The third kappa shape index (κ3) is 6.02. The molecule has 1 aliphatic rings. The standard InChI is InChI=1S/C15H25O8P/c1-5-19-14(17)15(24(18,20-6-2)21-7-3)23-13-9-8-12(10-13)22-11(4)16/h8-9,12-13,15H,5-7,10H2,1-4H3/t12-,13+,15?/m0/s1. The molecule has 0 N–H and O–H groups in total. The number of hydrogen-bond donors (Lipinski definition) is 0. The van der Waals surface area contributed by atoms with Crippen molar-refractivity contribution in [2.45, 2.75) is 52.2 Å². The zero-order valence-electron chi connectivity index (χ0n) is 14.4. The van der Waals surface area contributed by atoms with E-state index in [1.54, 1.807) is 32.9 Å². The lowest BCUT2D eigenvalue weighted by Crippen LogP contribution is -2.32. The number of hydrogen-bond acceptors (Lipinski definition) is 8. The fourth-order valence-electron chi connectivity index (χ4n) is 2.21. The van der Waals surface area contributed by atoms with Crippen molar-refractivity contribution in [3.05, 3.63) is 12.2 Å². The van der Waals surface area contributed by atoms with Crippen LogP contribution in [0.4, 0.5) is 0 Å². The first-order chi connectivity index (χ1) is 11.4. The molecule has 0 heterocycles. The summed E-state index contributed by atoms with van der Waals surface area (Å²) in [7, 11) is -3.85. The van der Waals surface area contributed by atoms with Crippen LogP contribution in [0.2, 0.25) is 0 Å². The lowest BCUT2D eigenvalue weighted by Gasteiger charge is -2.26. The van der Waals surface area contributed by atoms with Gasteiger partial charge in [0, 0.05) is 13.3 Å². The van der Waals surface area contributed by atoms with Crippen LogP contribution in [0.1, 0.15) is 34.1 Å². The van der Waals surface area contributed by atoms with Crippen molar-refractivity contribution >= 4 is 19.5 Å². The molecule has 0 bridgehead atoms. The molecule has 9 heteroatoms. The van der Waals surface area contributed by atoms with Crippen molar-refractivity contribution in [3.8, 4) is 0 Å². The van der Waals surface area contributed by atoms with Crippen molar-refractivity contribution in [2.24, 2.45) is 0 Å². The van der Waals surface area contributed by atoms with Gasteiger partial charge in [0.05, 0.1) is 25.9 Å². The van der Waals surface area contributed by atoms with E-state index in [1.807, 2.05) is 0 Å². The molecule has 138 valence electrons. The maximum Gasteiger partial charge on any atom is 0.370 e. The van der Waals surface area contributed by atoms with Crippen LogP contribution in [0, 0.1) is 0 Å². The van der Waals surface area contributed by atoms with Crippen LogP contribution in [-0.4, -0.2) is 49.8 Å². The maximum atomic E-state index is 12.9.